The van der Waals surface area contributed by atoms with Crippen LogP contribution < -0.4 is 10.6 Å². The molecule has 0 amide bonds. The number of hydrogen-bond donors (Lipinski definition) is 2. The molecular weight excluding hydrogens is 264 g/mol. The average molecular weight is 286 g/mol. The molecule has 0 saturated carbocycles. The van der Waals surface area contributed by atoms with Crippen LogP contribution in [0.15, 0.2) is 35.6 Å². The lowest BCUT2D eigenvalue weighted by Gasteiger charge is -2.13. The van der Waals surface area contributed by atoms with Gasteiger partial charge in [-0.3, -0.25) is 4.99 Å². The van der Waals surface area contributed by atoms with Gasteiger partial charge in [-0.05, 0) is 17.5 Å². The molecular formula is C15H22N6. The number of aliphatic imine (C=N–C) groups is 1. The van der Waals surface area contributed by atoms with Crippen LogP contribution >= 0.6 is 0 Å². The predicted octanol–water partition coefficient (Wildman–Crippen LogP) is 1.24. The van der Waals surface area contributed by atoms with Crippen molar-refractivity contribution in [1.29, 1.82) is 0 Å². The summed E-state index contributed by atoms with van der Waals surface area (Å²) in [7, 11) is 3.68. The van der Waals surface area contributed by atoms with E-state index in [4.69, 9.17) is 0 Å². The quantitative estimate of drug-likeness (QED) is 0.641. The highest BCUT2D eigenvalue weighted by Crippen LogP contribution is 2.08. The van der Waals surface area contributed by atoms with E-state index in [1.165, 1.54) is 11.1 Å². The van der Waals surface area contributed by atoms with Gasteiger partial charge in [0.2, 0.25) is 0 Å². The zero-order valence-corrected chi connectivity index (χ0v) is 12.8. The Morgan fingerprint density at radius 3 is 2.52 bits per heavy atom. The molecule has 0 spiro atoms. The molecule has 2 aromatic rings. The minimum Gasteiger partial charge on any atom is -0.352 e. The number of aryl methyl sites for hydroxylation is 2. The highest BCUT2D eigenvalue weighted by Gasteiger charge is 2.04. The normalized spacial score (nSPS) is 11.5. The van der Waals surface area contributed by atoms with Crippen LogP contribution in [0.25, 0.3) is 0 Å². The highest BCUT2D eigenvalue weighted by molar-refractivity contribution is 5.79. The highest BCUT2D eigenvalue weighted by atomic mass is 15.3. The second-order valence-electron chi connectivity index (χ2n) is 4.76. The molecule has 21 heavy (non-hydrogen) atoms. The van der Waals surface area contributed by atoms with Gasteiger partial charge in [0.15, 0.2) is 11.8 Å². The number of nitrogens with zero attached hydrogens (tertiary/aromatic N) is 4. The topological polar surface area (TPSA) is 67.1 Å². The van der Waals surface area contributed by atoms with Crippen molar-refractivity contribution in [2.75, 3.05) is 7.05 Å². The van der Waals surface area contributed by atoms with Gasteiger partial charge in [-0.25, -0.2) is 0 Å². The lowest BCUT2D eigenvalue weighted by molar-refractivity contribution is 0.724. The van der Waals surface area contributed by atoms with Gasteiger partial charge in [-0.15, -0.1) is 10.2 Å². The molecule has 0 aliphatic carbocycles. The smallest absolute Gasteiger partial charge is 0.191 e. The Balaban J connectivity index is 1.90. The Morgan fingerprint density at radius 2 is 1.90 bits per heavy atom. The Morgan fingerprint density at radius 1 is 1.19 bits per heavy atom. The Hall–Kier alpha value is -2.37. The molecule has 0 saturated heterocycles. The van der Waals surface area contributed by atoms with Gasteiger partial charge in [0, 0.05) is 20.6 Å². The van der Waals surface area contributed by atoms with Crippen LogP contribution in [-0.2, 0) is 26.6 Å². The number of aromatic nitrogens is 3. The maximum absolute atomic E-state index is 4.22. The molecule has 1 aromatic carbocycles. The van der Waals surface area contributed by atoms with E-state index in [1.807, 2.05) is 11.6 Å². The summed E-state index contributed by atoms with van der Waals surface area (Å²) in [6.45, 7) is 3.51. The molecule has 0 aliphatic heterocycles. The first kappa shape index (κ1) is 15.0. The summed E-state index contributed by atoms with van der Waals surface area (Å²) in [6.07, 6.45) is 2.72. The fourth-order valence-corrected chi connectivity index (χ4v) is 2.10. The monoisotopic (exact) mass is 286 g/mol. The van der Waals surface area contributed by atoms with Crippen LogP contribution in [0, 0.1) is 0 Å². The van der Waals surface area contributed by atoms with Crippen molar-refractivity contribution in [2.24, 2.45) is 12.0 Å². The second-order valence-corrected chi connectivity index (χ2v) is 4.76. The van der Waals surface area contributed by atoms with Gasteiger partial charge in [-0.1, -0.05) is 31.2 Å². The summed E-state index contributed by atoms with van der Waals surface area (Å²) in [5, 5.41) is 14.4. The second kappa shape index (κ2) is 7.42. The van der Waals surface area contributed by atoms with E-state index in [0.29, 0.717) is 6.54 Å². The molecule has 0 unspecified atom stereocenters. The summed E-state index contributed by atoms with van der Waals surface area (Å²) in [6, 6.07) is 8.43. The van der Waals surface area contributed by atoms with Gasteiger partial charge in [0.05, 0.1) is 6.54 Å². The molecule has 1 aromatic heterocycles. The molecule has 0 bridgehead atoms. The van der Waals surface area contributed by atoms with E-state index in [-0.39, 0.29) is 0 Å². The number of benzene rings is 1. The fraction of sp³-hybridized carbons (Fsp3) is 0.400. The molecule has 6 nitrogen and oxygen atoms in total. The lowest BCUT2D eigenvalue weighted by Crippen LogP contribution is -2.37. The molecule has 0 fully saturated rings. The predicted molar refractivity (Wildman–Crippen MR) is 83.9 cm³/mol. The number of rotatable bonds is 5. The van der Waals surface area contributed by atoms with E-state index < -0.39 is 0 Å². The third-order valence-electron chi connectivity index (χ3n) is 3.39. The van der Waals surface area contributed by atoms with Gasteiger partial charge in [0.1, 0.15) is 6.33 Å². The summed E-state index contributed by atoms with van der Waals surface area (Å²) >= 11 is 0. The van der Waals surface area contributed by atoms with Crippen LogP contribution in [0.1, 0.15) is 23.9 Å². The van der Waals surface area contributed by atoms with Gasteiger partial charge in [-0.2, -0.15) is 0 Å². The molecule has 112 valence electrons. The van der Waals surface area contributed by atoms with Crippen LogP contribution in [0.5, 0.6) is 0 Å². The van der Waals surface area contributed by atoms with Gasteiger partial charge < -0.3 is 15.2 Å². The Bertz CT molecular complexity index is 602. The molecule has 2 rings (SSSR count). The van der Waals surface area contributed by atoms with Crippen molar-refractivity contribution in [3.8, 4) is 0 Å². The van der Waals surface area contributed by atoms with Crippen molar-refractivity contribution in [1.82, 2.24) is 25.4 Å². The number of guanidine groups is 1. The zero-order valence-electron chi connectivity index (χ0n) is 12.8. The molecule has 0 aliphatic rings. The van der Waals surface area contributed by atoms with Gasteiger partial charge >= 0.3 is 0 Å². The van der Waals surface area contributed by atoms with Crippen LogP contribution in [0.3, 0.4) is 0 Å². The fourth-order valence-electron chi connectivity index (χ4n) is 2.10. The van der Waals surface area contributed by atoms with Crippen molar-refractivity contribution >= 4 is 5.96 Å². The van der Waals surface area contributed by atoms with Crippen molar-refractivity contribution in [3.63, 3.8) is 0 Å². The zero-order chi connectivity index (χ0) is 15.1. The minimum absolute atomic E-state index is 0.589. The first-order valence-electron chi connectivity index (χ1n) is 7.08. The van der Waals surface area contributed by atoms with Crippen LogP contribution in [-0.4, -0.2) is 27.8 Å². The largest absolute Gasteiger partial charge is 0.352 e. The maximum Gasteiger partial charge on any atom is 0.191 e. The standard InChI is InChI=1S/C15H22N6/c1-4-12-7-5-6-8-13(12)9-17-15(16-2)18-10-14-20-19-11-21(14)3/h5-8,11H,4,9-10H2,1-3H3,(H2,16,17,18). The molecule has 1 heterocycles. The van der Waals surface area contributed by atoms with E-state index in [2.05, 4.69) is 57.0 Å². The third kappa shape index (κ3) is 4.05. The average Bonchev–Trinajstić information content (AvgIpc) is 2.93. The Kier molecular flexibility index (Phi) is 5.31. The third-order valence-corrected chi connectivity index (χ3v) is 3.39. The molecule has 6 heteroatoms. The van der Waals surface area contributed by atoms with Crippen molar-refractivity contribution < 1.29 is 0 Å². The summed E-state index contributed by atoms with van der Waals surface area (Å²) in [5.74, 6) is 1.62. The molecule has 2 N–H and O–H groups in total. The van der Waals surface area contributed by atoms with Crippen LogP contribution in [0.2, 0.25) is 0 Å². The van der Waals surface area contributed by atoms with E-state index in [9.17, 15) is 0 Å². The summed E-state index contributed by atoms with van der Waals surface area (Å²) in [5.41, 5.74) is 2.65. The van der Waals surface area contributed by atoms with Crippen molar-refractivity contribution in [3.05, 3.63) is 47.5 Å². The van der Waals surface area contributed by atoms with E-state index >= 15 is 0 Å². The first-order chi connectivity index (χ1) is 10.2. The number of hydrogen-bond acceptors (Lipinski definition) is 3. The van der Waals surface area contributed by atoms with E-state index in [1.54, 1.807) is 13.4 Å². The first-order valence-corrected chi connectivity index (χ1v) is 7.08. The molecule has 0 atom stereocenters. The maximum atomic E-state index is 4.22. The number of nitrogens with one attached hydrogen (secondary N) is 2. The lowest BCUT2D eigenvalue weighted by atomic mass is 10.1. The summed E-state index contributed by atoms with van der Waals surface area (Å²) < 4.78 is 1.88. The van der Waals surface area contributed by atoms with Crippen molar-refractivity contribution in [2.45, 2.75) is 26.4 Å². The Labute approximate surface area is 125 Å². The summed E-state index contributed by atoms with van der Waals surface area (Å²) in [4.78, 5) is 4.22. The van der Waals surface area contributed by atoms with Gasteiger partial charge in [0.25, 0.3) is 0 Å². The molecule has 0 radical (unpaired) electrons. The SMILES string of the molecule is CCc1ccccc1CNC(=NC)NCc1nncn1C. The minimum atomic E-state index is 0.589. The van der Waals surface area contributed by atoms with E-state index in [0.717, 1.165) is 24.7 Å². The van der Waals surface area contributed by atoms with Crippen LogP contribution in [0.4, 0.5) is 0 Å².